The molecule has 0 spiro atoms. The number of hydrogen-bond acceptors (Lipinski definition) is 5. The molecule has 1 aromatic heterocycles. The van der Waals surface area contributed by atoms with Crippen LogP contribution in [0.2, 0.25) is 0 Å². The van der Waals surface area contributed by atoms with Crippen LogP contribution in [0.15, 0.2) is 36.5 Å². The van der Waals surface area contributed by atoms with Gasteiger partial charge in [0.1, 0.15) is 5.56 Å². The second kappa shape index (κ2) is 5.68. The summed E-state index contributed by atoms with van der Waals surface area (Å²) in [6, 6.07) is 8.13. The van der Waals surface area contributed by atoms with Gasteiger partial charge in [-0.3, -0.25) is 13.4 Å². The van der Waals surface area contributed by atoms with Gasteiger partial charge in [-0.05, 0) is 30.3 Å². The standard InChI is InChI=1S/C15H16N4O4S/c1-18-12-7-6-10(9-13(12)19(2)24(18,21)22)17-14(20)11-5-4-8-16-15(11)23-3/h4-9H,1-3H3,(H,17,20). The van der Waals surface area contributed by atoms with E-state index in [1.54, 1.807) is 30.3 Å². The topological polar surface area (TPSA) is 91.8 Å². The quantitative estimate of drug-likeness (QED) is 0.907. The normalized spacial score (nSPS) is 15.1. The van der Waals surface area contributed by atoms with E-state index in [9.17, 15) is 13.2 Å². The molecule has 8 nitrogen and oxygen atoms in total. The first-order chi connectivity index (χ1) is 11.4. The van der Waals surface area contributed by atoms with Gasteiger partial charge in [-0.1, -0.05) is 0 Å². The van der Waals surface area contributed by atoms with E-state index in [0.717, 1.165) is 0 Å². The van der Waals surface area contributed by atoms with Crippen LogP contribution in [-0.2, 0) is 10.2 Å². The first kappa shape index (κ1) is 16.1. The van der Waals surface area contributed by atoms with Crippen molar-refractivity contribution in [2.75, 3.05) is 35.1 Å². The van der Waals surface area contributed by atoms with Crippen LogP contribution in [0.4, 0.5) is 17.1 Å². The number of nitrogens with zero attached hydrogens (tertiary/aromatic N) is 3. The molecule has 0 atom stereocenters. The predicted octanol–water partition coefficient (Wildman–Crippen LogP) is 1.47. The minimum absolute atomic E-state index is 0.218. The number of fused-ring (bicyclic) bond motifs is 1. The third-order valence-electron chi connectivity index (χ3n) is 3.81. The van der Waals surface area contributed by atoms with E-state index in [-0.39, 0.29) is 5.88 Å². The van der Waals surface area contributed by atoms with E-state index in [4.69, 9.17) is 4.74 Å². The van der Waals surface area contributed by atoms with Crippen molar-refractivity contribution in [3.63, 3.8) is 0 Å². The van der Waals surface area contributed by atoms with Gasteiger partial charge < -0.3 is 10.1 Å². The molecule has 0 saturated heterocycles. The zero-order chi connectivity index (χ0) is 17.5. The highest BCUT2D eigenvalue weighted by Crippen LogP contribution is 2.40. The van der Waals surface area contributed by atoms with Crippen molar-refractivity contribution in [2.24, 2.45) is 0 Å². The van der Waals surface area contributed by atoms with Gasteiger partial charge in [0.2, 0.25) is 5.88 Å². The van der Waals surface area contributed by atoms with Crippen LogP contribution in [0.25, 0.3) is 0 Å². The minimum atomic E-state index is -3.55. The summed E-state index contributed by atoms with van der Waals surface area (Å²) in [4.78, 5) is 16.4. The number of carbonyl (C=O) groups excluding carboxylic acids is 1. The molecule has 9 heteroatoms. The summed E-state index contributed by atoms with van der Waals surface area (Å²) in [5.41, 5.74) is 1.81. The van der Waals surface area contributed by atoms with Crippen molar-refractivity contribution in [1.29, 1.82) is 0 Å². The summed E-state index contributed by atoms with van der Waals surface area (Å²) in [6.07, 6.45) is 1.53. The van der Waals surface area contributed by atoms with Crippen molar-refractivity contribution in [3.05, 3.63) is 42.1 Å². The molecule has 0 aliphatic carbocycles. The molecule has 0 unspecified atom stereocenters. The molecule has 3 rings (SSSR count). The van der Waals surface area contributed by atoms with Crippen LogP contribution in [0.5, 0.6) is 5.88 Å². The molecule has 0 saturated carbocycles. The maximum Gasteiger partial charge on any atom is 0.326 e. The first-order valence-electron chi connectivity index (χ1n) is 7.03. The first-order valence-corrected chi connectivity index (χ1v) is 8.43. The second-order valence-corrected chi connectivity index (χ2v) is 7.15. The Morgan fingerprint density at radius 3 is 2.58 bits per heavy atom. The average molecular weight is 348 g/mol. The fourth-order valence-electron chi connectivity index (χ4n) is 2.48. The Kier molecular flexibility index (Phi) is 3.80. The van der Waals surface area contributed by atoms with Crippen molar-refractivity contribution in [3.8, 4) is 5.88 Å². The molecule has 24 heavy (non-hydrogen) atoms. The fraction of sp³-hybridized carbons (Fsp3) is 0.200. The molecular weight excluding hydrogens is 332 g/mol. The highest BCUT2D eigenvalue weighted by molar-refractivity contribution is 7.94. The Morgan fingerprint density at radius 1 is 1.17 bits per heavy atom. The van der Waals surface area contributed by atoms with Gasteiger partial charge in [0, 0.05) is 26.0 Å². The lowest BCUT2D eigenvalue weighted by Crippen LogP contribution is -2.32. The molecule has 2 heterocycles. The van der Waals surface area contributed by atoms with Gasteiger partial charge in [0.25, 0.3) is 5.91 Å². The molecule has 0 fully saturated rings. The van der Waals surface area contributed by atoms with Crippen molar-refractivity contribution < 1.29 is 17.9 Å². The number of aromatic nitrogens is 1. The molecule has 1 aliphatic rings. The number of pyridine rings is 1. The lowest BCUT2D eigenvalue weighted by molar-refractivity contribution is 0.102. The summed E-state index contributed by atoms with van der Waals surface area (Å²) >= 11 is 0. The molecule has 1 amide bonds. The molecule has 1 aromatic carbocycles. The van der Waals surface area contributed by atoms with E-state index < -0.39 is 16.1 Å². The third kappa shape index (κ3) is 2.42. The highest BCUT2D eigenvalue weighted by Gasteiger charge is 2.35. The highest BCUT2D eigenvalue weighted by atomic mass is 32.2. The fourth-order valence-corrected chi connectivity index (χ4v) is 3.64. The van der Waals surface area contributed by atoms with Gasteiger partial charge in [-0.2, -0.15) is 8.42 Å². The Balaban J connectivity index is 1.91. The summed E-state index contributed by atoms with van der Waals surface area (Å²) in [5, 5.41) is 2.73. The number of amides is 1. The SMILES string of the molecule is COc1ncccc1C(=O)Nc1ccc2c(c1)N(C)S(=O)(=O)N2C. The molecule has 1 N–H and O–H groups in total. The molecule has 1 aliphatic heterocycles. The number of carbonyl (C=O) groups is 1. The van der Waals surface area contributed by atoms with Gasteiger partial charge >= 0.3 is 10.2 Å². The molecule has 2 aromatic rings. The van der Waals surface area contributed by atoms with E-state index in [1.165, 1.54) is 36.0 Å². The van der Waals surface area contributed by atoms with Crippen LogP contribution in [0.1, 0.15) is 10.4 Å². The summed E-state index contributed by atoms with van der Waals surface area (Å²) in [7, 11) is 0.836. The molecule has 126 valence electrons. The van der Waals surface area contributed by atoms with Crippen molar-refractivity contribution in [2.45, 2.75) is 0 Å². The Labute approximate surface area is 139 Å². The van der Waals surface area contributed by atoms with E-state index in [2.05, 4.69) is 10.3 Å². The Morgan fingerprint density at radius 2 is 1.88 bits per heavy atom. The van der Waals surface area contributed by atoms with Gasteiger partial charge in [0.15, 0.2) is 0 Å². The smallest absolute Gasteiger partial charge is 0.326 e. The van der Waals surface area contributed by atoms with Crippen LogP contribution in [-0.4, -0.2) is 40.5 Å². The van der Waals surface area contributed by atoms with Crippen LogP contribution >= 0.6 is 0 Å². The lowest BCUT2D eigenvalue weighted by Gasteiger charge is -2.13. The van der Waals surface area contributed by atoms with Crippen molar-refractivity contribution >= 4 is 33.2 Å². The largest absolute Gasteiger partial charge is 0.480 e. The van der Waals surface area contributed by atoms with Crippen LogP contribution < -0.4 is 18.7 Å². The Hall–Kier alpha value is -2.81. The Bertz CT molecular complexity index is 913. The molecular formula is C15H16N4O4S. The maximum absolute atomic E-state index is 12.4. The number of rotatable bonds is 3. The van der Waals surface area contributed by atoms with Crippen LogP contribution in [0.3, 0.4) is 0 Å². The zero-order valence-corrected chi connectivity index (χ0v) is 14.2. The monoisotopic (exact) mass is 348 g/mol. The average Bonchev–Trinajstić information content (AvgIpc) is 2.75. The number of methoxy groups -OCH3 is 1. The number of anilines is 3. The maximum atomic E-state index is 12.4. The number of nitrogens with one attached hydrogen (secondary N) is 1. The lowest BCUT2D eigenvalue weighted by atomic mass is 10.2. The zero-order valence-electron chi connectivity index (χ0n) is 13.3. The molecule has 0 bridgehead atoms. The van der Waals surface area contributed by atoms with Gasteiger partial charge in [-0.25, -0.2) is 4.98 Å². The van der Waals surface area contributed by atoms with Gasteiger partial charge in [0.05, 0.1) is 18.5 Å². The van der Waals surface area contributed by atoms with Crippen LogP contribution in [0, 0.1) is 0 Å². The summed E-state index contributed by atoms with van der Waals surface area (Å²) in [5.74, 6) is -0.174. The van der Waals surface area contributed by atoms with Gasteiger partial charge in [-0.15, -0.1) is 0 Å². The minimum Gasteiger partial charge on any atom is -0.480 e. The summed E-state index contributed by atoms with van der Waals surface area (Å²) < 4.78 is 31.7. The van der Waals surface area contributed by atoms with E-state index >= 15 is 0 Å². The number of benzene rings is 1. The third-order valence-corrected chi connectivity index (χ3v) is 5.59. The number of ether oxygens (including phenoxy) is 1. The second-order valence-electron chi connectivity index (χ2n) is 5.16. The predicted molar refractivity (Wildman–Crippen MR) is 90.9 cm³/mol. The van der Waals surface area contributed by atoms with Crippen molar-refractivity contribution in [1.82, 2.24) is 4.98 Å². The molecule has 0 radical (unpaired) electrons. The van der Waals surface area contributed by atoms with E-state index in [0.29, 0.717) is 22.6 Å². The summed E-state index contributed by atoms with van der Waals surface area (Å²) in [6.45, 7) is 0. The van der Waals surface area contributed by atoms with E-state index in [1.807, 2.05) is 0 Å². The number of hydrogen-bond donors (Lipinski definition) is 1.